The van der Waals surface area contributed by atoms with Gasteiger partial charge in [0.1, 0.15) is 11.6 Å². The van der Waals surface area contributed by atoms with Gasteiger partial charge < -0.3 is 4.74 Å². The van der Waals surface area contributed by atoms with E-state index in [0.717, 1.165) is 16.7 Å². The maximum absolute atomic E-state index is 13.4. The van der Waals surface area contributed by atoms with Crippen molar-refractivity contribution < 1.29 is 22.9 Å². The van der Waals surface area contributed by atoms with Crippen molar-refractivity contribution in [3.8, 4) is 0 Å². The number of esters is 1. The molecule has 0 bridgehead atoms. The molecule has 0 spiro atoms. The van der Waals surface area contributed by atoms with Crippen LogP contribution in [0.25, 0.3) is 0 Å². The van der Waals surface area contributed by atoms with Crippen LogP contribution in [0.1, 0.15) is 44.4 Å². The molecule has 0 aromatic heterocycles. The number of hydrogen-bond acceptors (Lipinski definition) is 7. The molecule has 36 heavy (non-hydrogen) atoms. The van der Waals surface area contributed by atoms with E-state index in [0.29, 0.717) is 13.0 Å². The summed E-state index contributed by atoms with van der Waals surface area (Å²) in [5.74, 6) is -0.358. The number of piperazine rings is 1. The standard InChI is InChI=1S/C26H35N3O6S/c1-18-11-12-21(15-19(18)2)16-23(25(30)35-26(4,5)6)27-13-14-28(20(3)17-27)36(33,34)24-10-8-7-9-22(24)29(31)32/h7-12,15,20,23H,13-14,16-17H2,1-6H3/t20-,23-/m0/s1. The summed E-state index contributed by atoms with van der Waals surface area (Å²) in [4.78, 5) is 25.7. The van der Waals surface area contributed by atoms with Crippen LogP contribution in [0.15, 0.2) is 47.4 Å². The van der Waals surface area contributed by atoms with Crippen LogP contribution >= 0.6 is 0 Å². The van der Waals surface area contributed by atoms with E-state index < -0.39 is 38.3 Å². The van der Waals surface area contributed by atoms with Gasteiger partial charge in [0.05, 0.1) is 4.92 Å². The van der Waals surface area contributed by atoms with Crippen molar-refractivity contribution in [2.75, 3.05) is 19.6 Å². The zero-order valence-corrected chi connectivity index (χ0v) is 22.5. The van der Waals surface area contributed by atoms with Crippen molar-refractivity contribution in [3.05, 3.63) is 69.3 Å². The van der Waals surface area contributed by atoms with Gasteiger partial charge in [-0.25, -0.2) is 8.42 Å². The molecular formula is C26H35N3O6S. The number of sulfonamides is 1. The van der Waals surface area contributed by atoms with Gasteiger partial charge in [-0.3, -0.25) is 19.8 Å². The number of nitro benzene ring substituents is 1. The first-order valence-corrected chi connectivity index (χ1v) is 13.4. The predicted molar refractivity (Wildman–Crippen MR) is 137 cm³/mol. The summed E-state index contributed by atoms with van der Waals surface area (Å²) in [7, 11) is -4.11. The topological polar surface area (TPSA) is 110 Å². The Labute approximate surface area is 213 Å². The zero-order chi connectivity index (χ0) is 26.8. The summed E-state index contributed by atoms with van der Waals surface area (Å²) in [6.45, 7) is 11.9. The molecule has 0 amide bonds. The van der Waals surface area contributed by atoms with Crippen LogP contribution < -0.4 is 0 Å². The quantitative estimate of drug-likeness (QED) is 0.312. The van der Waals surface area contributed by atoms with E-state index in [9.17, 15) is 23.3 Å². The van der Waals surface area contributed by atoms with E-state index in [-0.39, 0.29) is 24.0 Å². The van der Waals surface area contributed by atoms with E-state index in [1.165, 1.54) is 28.6 Å². The van der Waals surface area contributed by atoms with Crippen molar-refractivity contribution in [2.24, 2.45) is 0 Å². The summed E-state index contributed by atoms with van der Waals surface area (Å²) in [5, 5.41) is 11.4. The Morgan fingerprint density at radius 1 is 1.14 bits per heavy atom. The highest BCUT2D eigenvalue weighted by atomic mass is 32.2. The number of carbonyl (C=O) groups excluding carboxylic acids is 1. The highest BCUT2D eigenvalue weighted by molar-refractivity contribution is 7.89. The molecule has 196 valence electrons. The van der Waals surface area contributed by atoms with Gasteiger partial charge in [-0.1, -0.05) is 30.3 Å². The summed E-state index contributed by atoms with van der Waals surface area (Å²) in [6, 6.07) is 10.4. The highest BCUT2D eigenvalue weighted by Gasteiger charge is 2.40. The first-order chi connectivity index (χ1) is 16.7. The van der Waals surface area contributed by atoms with Crippen molar-refractivity contribution in [3.63, 3.8) is 0 Å². The third-order valence-electron chi connectivity index (χ3n) is 6.37. The summed E-state index contributed by atoms with van der Waals surface area (Å²) in [5.41, 5.74) is 2.17. The Balaban J connectivity index is 1.87. The first-order valence-electron chi connectivity index (χ1n) is 12.0. The van der Waals surface area contributed by atoms with E-state index in [1.807, 2.05) is 51.7 Å². The lowest BCUT2D eigenvalue weighted by molar-refractivity contribution is -0.387. The number of para-hydroxylation sites is 1. The SMILES string of the molecule is Cc1ccc(C[C@@H](C(=O)OC(C)(C)C)N2CCN(S(=O)(=O)c3ccccc3[N+](=O)[O-])[C@@H](C)C2)cc1C. The predicted octanol–water partition coefficient (Wildman–Crippen LogP) is 3.86. The van der Waals surface area contributed by atoms with Gasteiger partial charge in [0.25, 0.3) is 5.69 Å². The van der Waals surface area contributed by atoms with Crippen LogP contribution in [0.2, 0.25) is 0 Å². The lowest BCUT2D eigenvalue weighted by Crippen LogP contribution is -2.58. The lowest BCUT2D eigenvalue weighted by atomic mass is 9.99. The monoisotopic (exact) mass is 517 g/mol. The molecule has 2 atom stereocenters. The van der Waals surface area contributed by atoms with E-state index in [4.69, 9.17) is 4.74 Å². The fourth-order valence-electron chi connectivity index (χ4n) is 4.45. The van der Waals surface area contributed by atoms with Gasteiger partial charge >= 0.3 is 5.97 Å². The smallest absolute Gasteiger partial charge is 0.324 e. The molecule has 1 aliphatic rings. The van der Waals surface area contributed by atoms with E-state index in [1.54, 1.807) is 6.92 Å². The van der Waals surface area contributed by atoms with Gasteiger partial charge in [-0.15, -0.1) is 0 Å². The number of nitro groups is 1. The number of carbonyl (C=O) groups is 1. The van der Waals surface area contributed by atoms with Crippen molar-refractivity contribution in [2.45, 2.75) is 70.5 Å². The molecular weight excluding hydrogens is 482 g/mol. The van der Waals surface area contributed by atoms with Crippen molar-refractivity contribution >= 4 is 21.7 Å². The average Bonchev–Trinajstić information content (AvgIpc) is 2.78. The number of hydrogen-bond donors (Lipinski definition) is 0. The Morgan fingerprint density at radius 2 is 1.81 bits per heavy atom. The van der Waals surface area contributed by atoms with Crippen LogP contribution in [-0.4, -0.2) is 65.8 Å². The molecule has 3 rings (SSSR count). The zero-order valence-electron chi connectivity index (χ0n) is 21.7. The molecule has 1 saturated heterocycles. The third kappa shape index (κ3) is 6.29. The fourth-order valence-corrected chi connectivity index (χ4v) is 6.22. The minimum Gasteiger partial charge on any atom is -0.459 e. The maximum Gasteiger partial charge on any atom is 0.324 e. The molecule has 9 nitrogen and oxygen atoms in total. The van der Waals surface area contributed by atoms with Crippen molar-refractivity contribution in [1.82, 2.24) is 9.21 Å². The van der Waals surface area contributed by atoms with Gasteiger partial charge in [-0.05, 0) is 70.7 Å². The van der Waals surface area contributed by atoms with Crippen LogP contribution in [0.5, 0.6) is 0 Å². The van der Waals surface area contributed by atoms with Crippen LogP contribution in [0, 0.1) is 24.0 Å². The Kier molecular flexibility index (Phi) is 8.22. The largest absolute Gasteiger partial charge is 0.459 e. The minimum absolute atomic E-state index is 0.0990. The second-order valence-electron chi connectivity index (χ2n) is 10.4. The average molecular weight is 518 g/mol. The first kappa shape index (κ1) is 27.8. The second kappa shape index (κ2) is 10.7. The molecule has 1 heterocycles. The van der Waals surface area contributed by atoms with Crippen LogP contribution in [0.4, 0.5) is 5.69 Å². The molecule has 0 saturated carbocycles. The van der Waals surface area contributed by atoms with Gasteiger partial charge in [0, 0.05) is 31.7 Å². The van der Waals surface area contributed by atoms with Crippen molar-refractivity contribution in [1.29, 1.82) is 0 Å². The fraction of sp³-hybridized carbons (Fsp3) is 0.500. The Morgan fingerprint density at radius 3 is 2.39 bits per heavy atom. The van der Waals surface area contributed by atoms with Crippen LogP contribution in [0.3, 0.4) is 0 Å². The molecule has 10 heteroatoms. The summed E-state index contributed by atoms with van der Waals surface area (Å²) in [6.07, 6.45) is 0.430. The van der Waals surface area contributed by atoms with E-state index in [2.05, 4.69) is 6.07 Å². The van der Waals surface area contributed by atoms with Gasteiger partial charge in [-0.2, -0.15) is 4.31 Å². The molecule has 0 aliphatic carbocycles. The molecule has 2 aromatic rings. The Hall–Kier alpha value is -2.82. The number of ether oxygens (including phenoxy) is 1. The molecule has 2 aromatic carbocycles. The molecule has 0 N–H and O–H groups in total. The minimum atomic E-state index is -4.11. The molecule has 0 unspecified atom stereocenters. The highest BCUT2D eigenvalue weighted by Crippen LogP contribution is 2.29. The van der Waals surface area contributed by atoms with Gasteiger partial charge in [0.2, 0.25) is 10.0 Å². The molecule has 0 radical (unpaired) electrons. The number of benzene rings is 2. The second-order valence-corrected chi connectivity index (χ2v) is 12.2. The summed E-state index contributed by atoms with van der Waals surface area (Å²) >= 11 is 0. The van der Waals surface area contributed by atoms with Crippen LogP contribution in [-0.2, 0) is 26.0 Å². The van der Waals surface area contributed by atoms with Gasteiger partial charge in [0.15, 0.2) is 4.90 Å². The number of nitrogens with zero attached hydrogens (tertiary/aromatic N) is 3. The number of rotatable bonds is 7. The Bertz CT molecular complexity index is 1240. The maximum atomic E-state index is 13.4. The number of aryl methyl sites for hydroxylation is 2. The summed E-state index contributed by atoms with van der Waals surface area (Å²) < 4.78 is 33.8. The molecule has 1 fully saturated rings. The molecule has 1 aliphatic heterocycles. The normalized spacial score (nSPS) is 18.6. The third-order valence-corrected chi connectivity index (χ3v) is 8.43. The lowest BCUT2D eigenvalue weighted by Gasteiger charge is -2.42. The van der Waals surface area contributed by atoms with E-state index >= 15 is 0 Å².